The van der Waals surface area contributed by atoms with Crippen LogP contribution in [0.25, 0.3) is 0 Å². The molecule has 6 nitrogen and oxygen atoms in total. The van der Waals surface area contributed by atoms with E-state index in [-0.39, 0.29) is 29.5 Å². The van der Waals surface area contributed by atoms with Crippen LogP contribution in [0.4, 0.5) is 0 Å². The first-order valence-electron chi connectivity index (χ1n) is 8.97. The maximum atomic E-state index is 4.67. The van der Waals surface area contributed by atoms with Crippen molar-refractivity contribution in [3.63, 3.8) is 0 Å². The van der Waals surface area contributed by atoms with Gasteiger partial charge < -0.3 is 15.2 Å². The number of halogens is 1. The van der Waals surface area contributed by atoms with Crippen molar-refractivity contribution in [3.8, 4) is 0 Å². The predicted octanol–water partition coefficient (Wildman–Crippen LogP) is 2.91. The average molecular weight is 448 g/mol. The van der Waals surface area contributed by atoms with Crippen molar-refractivity contribution >= 4 is 29.9 Å². The first-order valence-corrected chi connectivity index (χ1v) is 8.97. The molecule has 0 bridgehead atoms. The monoisotopic (exact) mass is 448 g/mol. The minimum absolute atomic E-state index is 0. The Balaban J connectivity index is 0.00000288. The average Bonchev–Trinajstić information content (AvgIpc) is 2.69. The quantitative estimate of drug-likeness (QED) is 0.315. The van der Waals surface area contributed by atoms with E-state index < -0.39 is 0 Å². The Bertz CT molecular complexity index is 518. The number of aryl methyl sites for hydroxylation is 2. The molecule has 0 radical (unpaired) electrons. The van der Waals surface area contributed by atoms with Crippen molar-refractivity contribution < 1.29 is 0 Å². The van der Waals surface area contributed by atoms with Crippen molar-refractivity contribution in [2.24, 2.45) is 4.99 Å². The van der Waals surface area contributed by atoms with Crippen LogP contribution in [-0.4, -0.2) is 39.4 Å². The summed E-state index contributed by atoms with van der Waals surface area (Å²) in [6.07, 6.45) is 6.82. The number of hydrogen-bond acceptors (Lipinski definition) is 3. The Morgan fingerprint density at radius 1 is 1.21 bits per heavy atom. The molecule has 0 saturated heterocycles. The van der Waals surface area contributed by atoms with Gasteiger partial charge in [-0.25, -0.2) is 0 Å². The topological polar surface area (TPSA) is 67.1 Å². The zero-order valence-corrected chi connectivity index (χ0v) is 17.9. The fourth-order valence-electron chi connectivity index (χ4n) is 2.82. The summed E-state index contributed by atoms with van der Waals surface area (Å²) in [5.41, 5.74) is 0.0192. The highest BCUT2D eigenvalue weighted by Gasteiger charge is 2.14. The molecule has 2 rings (SSSR count). The van der Waals surface area contributed by atoms with E-state index in [4.69, 9.17) is 0 Å². The minimum atomic E-state index is 0. The van der Waals surface area contributed by atoms with Crippen LogP contribution >= 0.6 is 24.0 Å². The summed E-state index contributed by atoms with van der Waals surface area (Å²) < 4.78 is 2.33. The highest BCUT2D eigenvalue weighted by Crippen LogP contribution is 2.15. The lowest BCUT2D eigenvalue weighted by atomic mass is 10.1. The molecule has 7 heteroatoms. The number of aromatic nitrogens is 3. The molecule has 0 atom stereocenters. The van der Waals surface area contributed by atoms with E-state index in [9.17, 15) is 0 Å². The van der Waals surface area contributed by atoms with Crippen LogP contribution in [0.2, 0.25) is 0 Å². The lowest BCUT2D eigenvalue weighted by Crippen LogP contribution is -2.47. The fourth-order valence-corrected chi connectivity index (χ4v) is 2.82. The van der Waals surface area contributed by atoms with Crippen LogP contribution in [0.5, 0.6) is 0 Å². The van der Waals surface area contributed by atoms with Gasteiger partial charge in [0, 0.05) is 38.0 Å². The van der Waals surface area contributed by atoms with Crippen molar-refractivity contribution in [2.75, 3.05) is 13.1 Å². The Hall–Kier alpha value is -0.860. The summed E-state index contributed by atoms with van der Waals surface area (Å²) in [4.78, 5) is 4.67. The van der Waals surface area contributed by atoms with Gasteiger partial charge in [0.2, 0.25) is 0 Å². The first kappa shape index (κ1) is 21.2. The van der Waals surface area contributed by atoms with Crippen LogP contribution in [0.1, 0.15) is 65.0 Å². The summed E-state index contributed by atoms with van der Waals surface area (Å²) in [5.74, 6) is 3.19. The number of aliphatic imine (C=N–C) groups is 1. The van der Waals surface area contributed by atoms with Crippen molar-refractivity contribution in [2.45, 2.75) is 78.3 Å². The van der Waals surface area contributed by atoms with Crippen LogP contribution in [0.3, 0.4) is 0 Å². The third-order valence-corrected chi connectivity index (χ3v) is 3.85. The minimum Gasteiger partial charge on any atom is -0.357 e. The van der Waals surface area contributed by atoms with Gasteiger partial charge in [0.25, 0.3) is 0 Å². The summed E-state index contributed by atoms with van der Waals surface area (Å²) in [6, 6.07) is 0. The number of fused-ring (bicyclic) bond motifs is 1. The van der Waals surface area contributed by atoms with Crippen molar-refractivity contribution in [1.29, 1.82) is 0 Å². The molecule has 2 N–H and O–H groups in total. The van der Waals surface area contributed by atoms with E-state index in [1.165, 1.54) is 25.1 Å². The third kappa shape index (κ3) is 6.94. The molecule has 1 aliphatic rings. The van der Waals surface area contributed by atoms with Crippen molar-refractivity contribution in [1.82, 2.24) is 25.4 Å². The molecule has 2 heterocycles. The molecule has 1 aromatic rings. The number of nitrogens with zero attached hydrogens (tertiary/aromatic N) is 4. The van der Waals surface area contributed by atoms with Crippen LogP contribution < -0.4 is 10.6 Å². The van der Waals surface area contributed by atoms with E-state index >= 15 is 0 Å². The number of rotatable bonds is 5. The largest absolute Gasteiger partial charge is 0.357 e. The molecule has 0 spiro atoms. The molecule has 0 unspecified atom stereocenters. The zero-order chi connectivity index (χ0) is 16.7. The highest BCUT2D eigenvalue weighted by molar-refractivity contribution is 14.0. The molecule has 1 aliphatic heterocycles. The third-order valence-electron chi connectivity index (χ3n) is 3.85. The SMILES string of the molecule is CCNC(=NCCCc1nnc2n1CCCCC2)NC(C)(C)C.I. The number of nitrogens with one attached hydrogen (secondary N) is 2. The summed E-state index contributed by atoms with van der Waals surface area (Å²) in [5, 5.41) is 15.5. The molecule has 0 saturated carbocycles. The van der Waals surface area contributed by atoms with Gasteiger partial charge in [0.15, 0.2) is 5.96 Å². The maximum absolute atomic E-state index is 4.67. The van der Waals surface area contributed by atoms with Crippen LogP contribution in [-0.2, 0) is 19.4 Å². The maximum Gasteiger partial charge on any atom is 0.191 e. The Labute approximate surface area is 163 Å². The van der Waals surface area contributed by atoms with Crippen LogP contribution in [0.15, 0.2) is 4.99 Å². The highest BCUT2D eigenvalue weighted by atomic mass is 127. The second-order valence-corrected chi connectivity index (χ2v) is 7.23. The zero-order valence-electron chi connectivity index (χ0n) is 15.6. The van der Waals surface area contributed by atoms with Gasteiger partial charge in [0.05, 0.1) is 0 Å². The van der Waals surface area contributed by atoms with Gasteiger partial charge in [-0.2, -0.15) is 0 Å². The van der Waals surface area contributed by atoms with Gasteiger partial charge in [-0.15, -0.1) is 34.2 Å². The van der Waals surface area contributed by atoms with Gasteiger partial charge in [-0.05, 0) is 47.0 Å². The number of hydrogen-bond donors (Lipinski definition) is 2. The normalized spacial score (nSPS) is 15.2. The fraction of sp³-hybridized carbons (Fsp3) is 0.824. The van der Waals surface area contributed by atoms with E-state index in [0.29, 0.717) is 0 Å². The first-order chi connectivity index (χ1) is 11.0. The van der Waals surface area contributed by atoms with Crippen LogP contribution in [0, 0.1) is 0 Å². The van der Waals surface area contributed by atoms with E-state index in [1.807, 2.05) is 0 Å². The van der Waals surface area contributed by atoms with E-state index in [1.54, 1.807) is 0 Å². The van der Waals surface area contributed by atoms with E-state index in [2.05, 4.69) is 58.1 Å². The molecule has 0 aromatic carbocycles. The standard InChI is InChI=1S/C17H32N6.HI/c1-5-18-16(20-17(2,3)4)19-12-9-11-15-22-21-14-10-7-6-8-13-23(14)15;/h5-13H2,1-4H3,(H2,18,19,20);1H. The van der Waals surface area contributed by atoms with E-state index in [0.717, 1.165) is 50.7 Å². The molecular weight excluding hydrogens is 415 g/mol. The summed E-state index contributed by atoms with van der Waals surface area (Å²) >= 11 is 0. The number of guanidine groups is 1. The molecule has 138 valence electrons. The second-order valence-electron chi connectivity index (χ2n) is 7.23. The Morgan fingerprint density at radius 3 is 2.71 bits per heavy atom. The molecule has 0 amide bonds. The molecule has 0 aliphatic carbocycles. The van der Waals surface area contributed by atoms with Gasteiger partial charge >= 0.3 is 0 Å². The lowest BCUT2D eigenvalue weighted by Gasteiger charge is -2.23. The summed E-state index contributed by atoms with van der Waals surface area (Å²) in [6.45, 7) is 11.3. The van der Waals surface area contributed by atoms with Gasteiger partial charge in [0.1, 0.15) is 11.6 Å². The van der Waals surface area contributed by atoms with Crippen molar-refractivity contribution in [3.05, 3.63) is 11.6 Å². The smallest absolute Gasteiger partial charge is 0.191 e. The Morgan fingerprint density at radius 2 is 2.00 bits per heavy atom. The molecule has 1 aromatic heterocycles. The molecule has 24 heavy (non-hydrogen) atoms. The summed E-state index contributed by atoms with van der Waals surface area (Å²) in [7, 11) is 0. The Kier molecular flexibility index (Phi) is 9.01. The molecular formula is C17H33IN6. The molecule has 0 fully saturated rings. The van der Waals surface area contributed by atoms with Gasteiger partial charge in [-0.1, -0.05) is 6.42 Å². The van der Waals surface area contributed by atoms with Gasteiger partial charge in [-0.3, -0.25) is 4.99 Å². The second kappa shape index (κ2) is 10.2. The predicted molar refractivity (Wildman–Crippen MR) is 110 cm³/mol. The lowest BCUT2D eigenvalue weighted by molar-refractivity contribution is 0.501.